The minimum Gasteiger partial charge on any atom is -0.465 e. The van der Waals surface area contributed by atoms with Crippen molar-refractivity contribution in [1.29, 1.82) is 0 Å². The Balaban J connectivity index is 2.70. The first-order chi connectivity index (χ1) is 8.11. The Bertz CT molecular complexity index is 281. The molecule has 0 aromatic heterocycles. The standard InChI is InChI=1S/C12H22N2O3/c1-4-17-12(16)9(2)14-8-6-5-7-10(14)11(15)13-3/h9-10H,4-8H2,1-3H3,(H,13,15). The second kappa shape index (κ2) is 6.59. The molecule has 1 aliphatic heterocycles. The van der Waals surface area contributed by atoms with E-state index in [4.69, 9.17) is 4.74 Å². The van der Waals surface area contributed by atoms with Gasteiger partial charge in [0.2, 0.25) is 5.91 Å². The zero-order valence-corrected chi connectivity index (χ0v) is 10.9. The van der Waals surface area contributed by atoms with Crippen molar-refractivity contribution in [3.8, 4) is 0 Å². The average molecular weight is 242 g/mol. The minimum absolute atomic E-state index is 0.0131. The van der Waals surface area contributed by atoms with E-state index < -0.39 is 0 Å². The summed E-state index contributed by atoms with van der Waals surface area (Å²) in [5.74, 6) is -0.260. The van der Waals surface area contributed by atoms with Gasteiger partial charge in [0.25, 0.3) is 0 Å². The molecule has 0 spiro atoms. The van der Waals surface area contributed by atoms with Crippen molar-refractivity contribution in [3.05, 3.63) is 0 Å². The second-order valence-corrected chi connectivity index (χ2v) is 4.29. The van der Waals surface area contributed by atoms with Gasteiger partial charge in [-0.05, 0) is 33.2 Å². The van der Waals surface area contributed by atoms with Gasteiger partial charge in [0.05, 0.1) is 12.6 Å². The van der Waals surface area contributed by atoms with E-state index in [1.165, 1.54) is 0 Å². The normalized spacial score (nSPS) is 22.9. The molecule has 0 aromatic carbocycles. The fourth-order valence-corrected chi connectivity index (χ4v) is 2.26. The molecular weight excluding hydrogens is 220 g/mol. The molecule has 98 valence electrons. The first-order valence-corrected chi connectivity index (χ1v) is 6.25. The van der Waals surface area contributed by atoms with Gasteiger partial charge >= 0.3 is 5.97 Å². The number of likely N-dealkylation sites (N-methyl/N-ethyl adjacent to an activating group) is 1. The predicted molar refractivity (Wildman–Crippen MR) is 64.5 cm³/mol. The quantitative estimate of drug-likeness (QED) is 0.731. The molecule has 5 heteroatoms. The fourth-order valence-electron chi connectivity index (χ4n) is 2.26. The van der Waals surface area contributed by atoms with E-state index in [9.17, 15) is 9.59 Å². The molecule has 1 aliphatic rings. The molecule has 0 aromatic rings. The van der Waals surface area contributed by atoms with Crippen LogP contribution in [0.3, 0.4) is 0 Å². The highest BCUT2D eigenvalue weighted by atomic mass is 16.5. The summed E-state index contributed by atoms with van der Waals surface area (Å²) in [5, 5.41) is 2.66. The van der Waals surface area contributed by atoms with Gasteiger partial charge < -0.3 is 10.1 Å². The number of piperidine rings is 1. The lowest BCUT2D eigenvalue weighted by Crippen LogP contribution is -2.54. The third-order valence-electron chi connectivity index (χ3n) is 3.22. The summed E-state index contributed by atoms with van der Waals surface area (Å²) in [6.45, 7) is 4.75. The highest BCUT2D eigenvalue weighted by Crippen LogP contribution is 2.20. The van der Waals surface area contributed by atoms with Crippen molar-refractivity contribution in [1.82, 2.24) is 10.2 Å². The maximum absolute atomic E-state index is 11.8. The minimum atomic E-state index is -0.349. The molecule has 0 saturated carbocycles. The van der Waals surface area contributed by atoms with Crippen LogP contribution in [0.4, 0.5) is 0 Å². The Morgan fingerprint density at radius 2 is 2.18 bits per heavy atom. The third kappa shape index (κ3) is 3.43. The van der Waals surface area contributed by atoms with E-state index in [2.05, 4.69) is 5.32 Å². The van der Waals surface area contributed by atoms with E-state index in [1.807, 2.05) is 4.90 Å². The molecule has 1 rings (SSSR count). The molecule has 1 heterocycles. The summed E-state index contributed by atoms with van der Waals surface area (Å²) < 4.78 is 5.01. The maximum atomic E-state index is 11.8. The molecule has 1 saturated heterocycles. The smallest absolute Gasteiger partial charge is 0.323 e. The molecule has 5 nitrogen and oxygen atoms in total. The van der Waals surface area contributed by atoms with Gasteiger partial charge in [0.1, 0.15) is 6.04 Å². The topological polar surface area (TPSA) is 58.6 Å². The lowest BCUT2D eigenvalue weighted by Gasteiger charge is -2.37. The van der Waals surface area contributed by atoms with Crippen molar-refractivity contribution in [2.45, 2.75) is 45.2 Å². The number of hydrogen-bond donors (Lipinski definition) is 1. The SMILES string of the molecule is CCOC(=O)C(C)N1CCCCC1C(=O)NC. The Morgan fingerprint density at radius 3 is 2.76 bits per heavy atom. The first-order valence-electron chi connectivity index (χ1n) is 6.25. The van der Waals surface area contributed by atoms with E-state index in [-0.39, 0.29) is 24.0 Å². The van der Waals surface area contributed by atoms with Crippen LogP contribution in [-0.4, -0.2) is 49.1 Å². The van der Waals surface area contributed by atoms with Gasteiger partial charge in [-0.3, -0.25) is 14.5 Å². The Hall–Kier alpha value is -1.10. The van der Waals surface area contributed by atoms with Gasteiger partial charge in [0.15, 0.2) is 0 Å². The van der Waals surface area contributed by atoms with Gasteiger partial charge in [-0.1, -0.05) is 6.42 Å². The van der Waals surface area contributed by atoms with Crippen LogP contribution in [0, 0.1) is 0 Å². The van der Waals surface area contributed by atoms with Gasteiger partial charge in [-0.25, -0.2) is 0 Å². The predicted octanol–water partition coefficient (Wildman–Crippen LogP) is 0.539. The van der Waals surface area contributed by atoms with E-state index in [0.717, 1.165) is 25.8 Å². The summed E-state index contributed by atoms with van der Waals surface area (Å²) in [6.07, 6.45) is 2.87. The van der Waals surface area contributed by atoms with Crippen LogP contribution in [0.1, 0.15) is 33.1 Å². The highest BCUT2D eigenvalue weighted by molar-refractivity contribution is 5.83. The molecule has 17 heavy (non-hydrogen) atoms. The second-order valence-electron chi connectivity index (χ2n) is 4.29. The monoisotopic (exact) mass is 242 g/mol. The molecular formula is C12H22N2O3. The van der Waals surface area contributed by atoms with Crippen molar-refractivity contribution in [3.63, 3.8) is 0 Å². The summed E-state index contributed by atoms with van der Waals surface area (Å²) in [6, 6.07) is -0.550. The highest BCUT2D eigenvalue weighted by Gasteiger charge is 2.34. The Kier molecular flexibility index (Phi) is 5.41. The summed E-state index contributed by atoms with van der Waals surface area (Å²) in [4.78, 5) is 25.4. The average Bonchev–Trinajstić information content (AvgIpc) is 2.37. The van der Waals surface area contributed by atoms with Gasteiger partial charge in [0, 0.05) is 7.05 Å². The largest absolute Gasteiger partial charge is 0.465 e. The Morgan fingerprint density at radius 1 is 1.47 bits per heavy atom. The van der Waals surface area contributed by atoms with Crippen molar-refractivity contribution < 1.29 is 14.3 Å². The number of esters is 1. The number of nitrogens with zero attached hydrogens (tertiary/aromatic N) is 1. The number of ether oxygens (including phenoxy) is 1. The maximum Gasteiger partial charge on any atom is 0.323 e. The van der Waals surface area contributed by atoms with Crippen LogP contribution in [0.15, 0.2) is 0 Å². The van der Waals surface area contributed by atoms with Crippen LogP contribution >= 0.6 is 0 Å². The number of amides is 1. The number of rotatable bonds is 4. The summed E-state index contributed by atoms with van der Waals surface area (Å²) in [5.41, 5.74) is 0. The lowest BCUT2D eigenvalue weighted by molar-refractivity contribution is -0.151. The lowest BCUT2D eigenvalue weighted by atomic mass is 9.99. The van der Waals surface area contributed by atoms with E-state index in [1.54, 1.807) is 20.9 Å². The molecule has 0 radical (unpaired) electrons. The number of nitrogens with one attached hydrogen (secondary N) is 1. The van der Waals surface area contributed by atoms with Crippen LogP contribution < -0.4 is 5.32 Å². The van der Waals surface area contributed by atoms with Crippen LogP contribution in [0.25, 0.3) is 0 Å². The molecule has 0 bridgehead atoms. The fraction of sp³-hybridized carbons (Fsp3) is 0.833. The van der Waals surface area contributed by atoms with Crippen LogP contribution in [-0.2, 0) is 14.3 Å². The number of hydrogen-bond acceptors (Lipinski definition) is 4. The third-order valence-corrected chi connectivity index (χ3v) is 3.22. The Labute approximate surface area is 102 Å². The number of carbonyl (C=O) groups excluding carboxylic acids is 2. The van der Waals surface area contributed by atoms with Crippen molar-refractivity contribution >= 4 is 11.9 Å². The molecule has 2 atom stereocenters. The first kappa shape index (κ1) is 14.0. The zero-order valence-electron chi connectivity index (χ0n) is 10.9. The number of likely N-dealkylation sites (tertiary alicyclic amines) is 1. The summed E-state index contributed by atoms with van der Waals surface area (Å²) >= 11 is 0. The zero-order chi connectivity index (χ0) is 12.8. The van der Waals surface area contributed by atoms with Crippen LogP contribution in [0.5, 0.6) is 0 Å². The van der Waals surface area contributed by atoms with Gasteiger partial charge in [-0.15, -0.1) is 0 Å². The molecule has 1 fully saturated rings. The van der Waals surface area contributed by atoms with Crippen LogP contribution in [0.2, 0.25) is 0 Å². The van der Waals surface area contributed by atoms with E-state index >= 15 is 0 Å². The molecule has 0 aliphatic carbocycles. The molecule has 2 unspecified atom stereocenters. The van der Waals surface area contributed by atoms with Crippen molar-refractivity contribution in [2.75, 3.05) is 20.2 Å². The molecule has 1 N–H and O–H groups in total. The number of carbonyl (C=O) groups is 2. The van der Waals surface area contributed by atoms with Gasteiger partial charge in [-0.2, -0.15) is 0 Å². The summed E-state index contributed by atoms with van der Waals surface area (Å²) in [7, 11) is 1.63. The molecule has 1 amide bonds. The van der Waals surface area contributed by atoms with E-state index in [0.29, 0.717) is 6.61 Å². The van der Waals surface area contributed by atoms with Crippen molar-refractivity contribution in [2.24, 2.45) is 0 Å².